The SMILES string of the molecule is O=S(=O)(Cc1noc2ccccc12)NC1CCc2ccccc2OC1. The van der Waals surface area contributed by atoms with E-state index in [0.717, 1.165) is 23.1 Å². The first-order valence-electron chi connectivity index (χ1n) is 8.15. The molecule has 1 N–H and O–H groups in total. The van der Waals surface area contributed by atoms with Gasteiger partial charge in [-0.2, -0.15) is 0 Å². The van der Waals surface area contributed by atoms with Crippen LogP contribution in [0.25, 0.3) is 11.0 Å². The van der Waals surface area contributed by atoms with Crippen molar-refractivity contribution < 1.29 is 17.7 Å². The molecule has 0 spiro atoms. The quantitative estimate of drug-likeness (QED) is 0.775. The van der Waals surface area contributed by atoms with Crippen LogP contribution in [0.3, 0.4) is 0 Å². The topological polar surface area (TPSA) is 81.4 Å². The molecule has 25 heavy (non-hydrogen) atoms. The molecule has 0 radical (unpaired) electrons. The lowest BCUT2D eigenvalue weighted by molar-refractivity contribution is 0.284. The number of nitrogens with one attached hydrogen (secondary N) is 1. The van der Waals surface area contributed by atoms with E-state index >= 15 is 0 Å². The van der Waals surface area contributed by atoms with Crippen LogP contribution in [-0.2, 0) is 22.2 Å². The fourth-order valence-corrected chi connectivity index (χ4v) is 4.41. The smallest absolute Gasteiger partial charge is 0.217 e. The zero-order chi connectivity index (χ0) is 17.3. The molecule has 1 aromatic heterocycles. The van der Waals surface area contributed by atoms with Gasteiger partial charge in [-0.1, -0.05) is 35.5 Å². The van der Waals surface area contributed by atoms with Gasteiger partial charge in [-0.05, 0) is 36.6 Å². The number of hydrogen-bond donors (Lipinski definition) is 1. The summed E-state index contributed by atoms with van der Waals surface area (Å²) in [5.41, 5.74) is 2.11. The maximum atomic E-state index is 12.5. The van der Waals surface area contributed by atoms with Crippen LogP contribution >= 0.6 is 0 Å². The van der Waals surface area contributed by atoms with E-state index in [4.69, 9.17) is 9.26 Å². The molecule has 3 aromatic rings. The second kappa shape index (κ2) is 6.50. The third-order valence-corrected chi connectivity index (χ3v) is 5.65. The summed E-state index contributed by atoms with van der Waals surface area (Å²) in [5.74, 6) is 0.611. The van der Waals surface area contributed by atoms with Crippen LogP contribution in [0.1, 0.15) is 17.7 Å². The second-order valence-electron chi connectivity index (χ2n) is 6.16. The molecule has 4 rings (SSSR count). The summed E-state index contributed by atoms with van der Waals surface area (Å²) >= 11 is 0. The number of aryl methyl sites for hydroxylation is 1. The Morgan fingerprint density at radius 2 is 1.92 bits per heavy atom. The van der Waals surface area contributed by atoms with Crippen LogP contribution in [0.2, 0.25) is 0 Å². The molecule has 2 heterocycles. The number of benzene rings is 2. The fourth-order valence-electron chi connectivity index (χ4n) is 3.07. The molecule has 0 amide bonds. The van der Waals surface area contributed by atoms with Gasteiger partial charge in [0.25, 0.3) is 0 Å². The standard InChI is InChI=1S/C18H18N2O4S/c21-25(22,12-16-15-6-2-4-8-18(15)24-19-16)20-14-10-9-13-5-1-3-7-17(13)23-11-14/h1-8,14,20H,9-12H2. The zero-order valence-corrected chi connectivity index (χ0v) is 14.3. The van der Waals surface area contributed by atoms with Crippen molar-refractivity contribution in [3.05, 3.63) is 59.8 Å². The Hall–Kier alpha value is -2.38. The van der Waals surface area contributed by atoms with Gasteiger partial charge in [-0.15, -0.1) is 0 Å². The predicted octanol–water partition coefficient (Wildman–Crippen LogP) is 2.64. The van der Waals surface area contributed by atoms with E-state index in [2.05, 4.69) is 9.88 Å². The van der Waals surface area contributed by atoms with Gasteiger partial charge in [0, 0.05) is 5.39 Å². The first-order chi connectivity index (χ1) is 12.1. The minimum absolute atomic E-state index is 0.215. The second-order valence-corrected chi connectivity index (χ2v) is 7.91. The summed E-state index contributed by atoms with van der Waals surface area (Å²) in [6.45, 7) is 0.315. The average molecular weight is 358 g/mol. The Balaban J connectivity index is 1.47. The van der Waals surface area contributed by atoms with Gasteiger partial charge >= 0.3 is 0 Å². The third kappa shape index (κ3) is 3.52. The largest absolute Gasteiger partial charge is 0.492 e. The normalized spacial score (nSPS) is 17.7. The summed E-state index contributed by atoms with van der Waals surface area (Å²) in [7, 11) is -3.55. The summed E-state index contributed by atoms with van der Waals surface area (Å²) in [6, 6.07) is 14.8. The number of para-hydroxylation sites is 2. The summed E-state index contributed by atoms with van der Waals surface area (Å²) in [6.07, 6.45) is 1.46. The van der Waals surface area contributed by atoms with Crippen LogP contribution in [0.4, 0.5) is 0 Å². The molecule has 6 nitrogen and oxygen atoms in total. The van der Waals surface area contributed by atoms with Crippen molar-refractivity contribution in [3.8, 4) is 5.75 Å². The van der Waals surface area contributed by atoms with Crippen molar-refractivity contribution in [2.24, 2.45) is 0 Å². The maximum Gasteiger partial charge on any atom is 0.217 e. The predicted molar refractivity (Wildman–Crippen MR) is 93.8 cm³/mol. The van der Waals surface area contributed by atoms with Crippen LogP contribution < -0.4 is 9.46 Å². The molecule has 0 saturated carbocycles. The lowest BCUT2D eigenvalue weighted by atomic mass is 10.1. The van der Waals surface area contributed by atoms with Gasteiger partial charge < -0.3 is 9.26 Å². The molecular weight excluding hydrogens is 340 g/mol. The Labute approximate surface area is 145 Å². The van der Waals surface area contributed by atoms with Crippen molar-refractivity contribution in [1.82, 2.24) is 9.88 Å². The lowest BCUT2D eigenvalue weighted by Crippen LogP contribution is -2.39. The van der Waals surface area contributed by atoms with E-state index in [1.54, 1.807) is 6.07 Å². The van der Waals surface area contributed by atoms with Gasteiger partial charge in [0.05, 0.1) is 6.04 Å². The molecule has 0 bridgehead atoms. The highest BCUT2D eigenvalue weighted by molar-refractivity contribution is 7.88. The minimum Gasteiger partial charge on any atom is -0.492 e. The fraction of sp³-hybridized carbons (Fsp3) is 0.278. The highest BCUT2D eigenvalue weighted by atomic mass is 32.2. The minimum atomic E-state index is -3.55. The van der Waals surface area contributed by atoms with E-state index in [1.807, 2.05) is 42.5 Å². The Morgan fingerprint density at radius 3 is 2.84 bits per heavy atom. The monoisotopic (exact) mass is 358 g/mol. The lowest BCUT2D eigenvalue weighted by Gasteiger charge is -2.15. The van der Waals surface area contributed by atoms with Crippen molar-refractivity contribution in [3.63, 3.8) is 0 Å². The summed E-state index contributed by atoms with van der Waals surface area (Å²) in [4.78, 5) is 0. The van der Waals surface area contributed by atoms with E-state index < -0.39 is 10.0 Å². The van der Waals surface area contributed by atoms with Gasteiger partial charge in [0.15, 0.2) is 5.58 Å². The number of hydrogen-bond acceptors (Lipinski definition) is 5. The molecule has 7 heteroatoms. The number of nitrogens with zero attached hydrogens (tertiary/aromatic N) is 1. The van der Waals surface area contributed by atoms with E-state index in [0.29, 0.717) is 24.3 Å². The Morgan fingerprint density at radius 1 is 1.12 bits per heavy atom. The van der Waals surface area contributed by atoms with Crippen molar-refractivity contribution in [2.45, 2.75) is 24.6 Å². The van der Waals surface area contributed by atoms with E-state index in [9.17, 15) is 8.42 Å². The Kier molecular flexibility index (Phi) is 4.19. The first-order valence-corrected chi connectivity index (χ1v) is 9.80. The molecule has 130 valence electrons. The molecule has 1 atom stereocenters. The van der Waals surface area contributed by atoms with Gasteiger partial charge in [0.2, 0.25) is 10.0 Å². The number of aromatic nitrogens is 1. The average Bonchev–Trinajstić information content (AvgIpc) is 2.89. The van der Waals surface area contributed by atoms with E-state index in [-0.39, 0.29) is 11.8 Å². The van der Waals surface area contributed by atoms with Crippen LogP contribution in [0.15, 0.2) is 53.1 Å². The van der Waals surface area contributed by atoms with Gasteiger partial charge in [0.1, 0.15) is 23.8 Å². The van der Waals surface area contributed by atoms with Crippen LogP contribution in [0.5, 0.6) is 5.75 Å². The van der Waals surface area contributed by atoms with Gasteiger partial charge in [-0.25, -0.2) is 13.1 Å². The molecular formula is C18H18N2O4S. The summed E-state index contributed by atoms with van der Waals surface area (Å²) < 4.78 is 38.8. The zero-order valence-electron chi connectivity index (χ0n) is 13.5. The Bertz CT molecular complexity index is 970. The van der Waals surface area contributed by atoms with Crippen LogP contribution in [-0.4, -0.2) is 26.2 Å². The molecule has 1 unspecified atom stereocenters. The van der Waals surface area contributed by atoms with Crippen LogP contribution in [0, 0.1) is 0 Å². The number of sulfonamides is 1. The highest BCUT2D eigenvalue weighted by Gasteiger charge is 2.24. The molecule has 1 aliphatic heterocycles. The van der Waals surface area contributed by atoms with Gasteiger partial charge in [-0.3, -0.25) is 0 Å². The van der Waals surface area contributed by atoms with Crippen molar-refractivity contribution >= 4 is 21.0 Å². The van der Waals surface area contributed by atoms with Crippen molar-refractivity contribution in [2.75, 3.05) is 6.61 Å². The highest BCUT2D eigenvalue weighted by Crippen LogP contribution is 2.24. The van der Waals surface area contributed by atoms with E-state index in [1.165, 1.54) is 0 Å². The maximum absolute atomic E-state index is 12.5. The molecule has 0 saturated heterocycles. The number of rotatable bonds is 4. The summed E-state index contributed by atoms with van der Waals surface area (Å²) in [5, 5.41) is 4.62. The number of fused-ring (bicyclic) bond motifs is 2. The molecule has 0 fully saturated rings. The third-order valence-electron chi connectivity index (χ3n) is 4.30. The molecule has 1 aliphatic rings. The molecule has 2 aromatic carbocycles. The number of ether oxygens (including phenoxy) is 1. The molecule has 0 aliphatic carbocycles. The van der Waals surface area contributed by atoms with Crippen molar-refractivity contribution in [1.29, 1.82) is 0 Å². The first kappa shape index (κ1) is 16.1.